The molecular formula is C9H16N4O3S. The van der Waals surface area contributed by atoms with Crippen LogP contribution >= 0.6 is 0 Å². The topological polar surface area (TPSA) is 95.2 Å². The van der Waals surface area contributed by atoms with Crippen LogP contribution in [0.2, 0.25) is 0 Å². The van der Waals surface area contributed by atoms with Crippen molar-refractivity contribution in [2.45, 2.75) is 24.8 Å². The van der Waals surface area contributed by atoms with Crippen LogP contribution in [0, 0.1) is 0 Å². The molecule has 0 aliphatic heterocycles. The molecule has 1 aromatic heterocycles. The fraction of sp³-hybridized carbons (Fsp3) is 0.556. The number of aromatic nitrogens is 2. The Balaban J connectivity index is 2.69. The van der Waals surface area contributed by atoms with Gasteiger partial charge < -0.3 is 5.32 Å². The molecule has 1 heterocycles. The predicted molar refractivity (Wildman–Crippen MR) is 61.8 cm³/mol. The molecule has 0 spiro atoms. The van der Waals surface area contributed by atoms with Gasteiger partial charge in [-0.15, -0.1) is 0 Å². The first-order valence-electron chi connectivity index (χ1n) is 5.26. The maximum Gasteiger partial charge on any atom is 0.331 e. The van der Waals surface area contributed by atoms with Crippen molar-refractivity contribution in [3.05, 3.63) is 12.3 Å². The zero-order valence-electron chi connectivity index (χ0n) is 9.80. The normalized spacial score (nSPS) is 11.2. The van der Waals surface area contributed by atoms with Crippen LogP contribution in [-0.2, 0) is 10.0 Å². The summed E-state index contributed by atoms with van der Waals surface area (Å²) < 4.78 is 24.4. The summed E-state index contributed by atoms with van der Waals surface area (Å²) in [5.74, 6) is 0. The second-order valence-corrected chi connectivity index (χ2v) is 5.39. The average molecular weight is 260 g/mol. The van der Waals surface area contributed by atoms with E-state index in [-0.39, 0.29) is 5.03 Å². The molecule has 0 aliphatic rings. The molecule has 0 aromatic carbocycles. The summed E-state index contributed by atoms with van der Waals surface area (Å²) >= 11 is 0. The van der Waals surface area contributed by atoms with Gasteiger partial charge in [0.2, 0.25) is 0 Å². The average Bonchev–Trinajstić information content (AvgIpc) is 2.82. The van der Waals surface area contributed by atoms with E-state index in [9.17, 15) is 13.2 Å². The maximum atomic E-state index is 11.9. The number of amides is 2. The lowest BCUT2D eigenvalue weighted by Crippen LogP contribution is -2.41. The molecule has 2 amide bonds. The molecule has 0 fully saturated rings. The number of aromatic amines is 1. The van der Waals surface area contributed by atoms with Crippen LogP contribution in [0.3, 0.4) is 0 Å². The summed E-state index contributed by atoms with van der Waals surface area (Å²) in [5.41, 5.74) is 0. The Hall–Kier alpha value is -1.57. The summed E-state index contributed by atoms with van der Waals surface area (Å²) in [6.45, 7) is 2.44. The van der Waals surface area contributed by atoms with E-state index >= 15 is 0 Å². The number of carbonyl (C=O) groups excluding carboxylic acids is 1. The molecule has 1 aromatic rings. The lowest BCUT2D eigenvalue weighted by molar-refractivity contribution is 0.228. The van der Waals surface area contributed by atoms with Crippen LogP contribution in [0.25, 0.3) is 0 Å². The molecule has 0 saturated carbocycles. The number of hydrogen-bond acceptors (Lipinski definition) is 4. The number of urea groups is 1. The largest absolute Gasteiger partial charge is 0.337 e. The third kappa shape index (κ3) is 3.19. The van der Waals surface area contributed by atoms with E-state index < -0.39 is 16.1 Å². The lowest BCUT2D eigenvalue weighted by atomic mass is 10.3. The van der Waals surface area contributed by atoms with Crippen LogP contribution in [0.4, 0.5) is 4.79 Å². The van der Waals surface area contributed by atoms with Gasteiger partial charge in [0.15, 0.2) is 5.03 Å². The molecule has 0 bridgehead atoms. The SMILES string of the molecule is CCCCNC(=O)N(C)S(=O)(=O)c1cc[nH]n1. The first kappa shape index (κ1) is 13.5. The molecule has 0 unspecified atom stereocenters. The van der Waals surface area contributed by atoms with Crippen molar-refractivity contribution >= 4 is 16.1 Å². The predicted octanol–water partition coefficient (Wildman–Crippen LogP) is 0.540. The molecule has 96 valence electrons. The Kier molecular flexibility index (Phi) is 4.50. The molecule has 0 atom stereocenters. The van der Waals surface area contributed by atoms with E-state index in [4.69, 9.17) is 0 Å². The van der Waals surface area contributed by atoms with Crippen molar-refractivity contribution in [2.24, 2.45) is 0 Å². The van der Waals surface area contributed by atoms with Crippen LogP contribution in [0.1, 0.15) is 19.8 Å². The Morgan fingerprint density at radius 1 is 1.59 bits per heavy atom. The fourth-order valence-electron chi connectivity index (χ4n) is 1.12. The number of nitrogens with one attached hydrogen (secondary N) is 2. The molecule has 0 saturated heterocycles. The van der Waals surface area contributed by atoms with Crippen molar-refractivity contribution in [1.82, 2.24) is 19.8 Å². The highest BCUT2D eigenvalue weighted by Gasteiger charge is 2.26. The summed E-state index contributed by atoms with van der Waals surface area (Å²) in [4.78, 5) is 11.6. The second-order valence-electron chi connectivity index (χ2n) is 3.47. The van der Waals surface area contributed by atoms with E-state index in [0.717, 1.165) is 12.8 Å². The van der Waals surface area contributed by atoms with E-state index in [0.29, 0.717) is 10.8 Å². The number of unbranched alkanes of at least 4 members (excludes halogenated alkanes) is 1. The Morgan fingerprint density at radius 2 is 2.29 bits per heavy atom. The van der Waals surface area contributed by atoms with Gasteiger partial charge in [-0.25, -0.2) is 9.10 Å². The van der Waals surface area contributed by atoms with Crippen LogP contribution in [0.15, 0.2) is 17.3 Å². The van der Waals surface area contributed by atoms with Gasteiger partial charge in [-0.2, -0.15) is 13.5 Å². The van der Waals surface area contributed by atoms with Crippen LogP contribution in [-0.4, -0.2) is 42.5 Å². The van der Waals surface area contributed by atoms with Gasteiger partial charge in [0, 0.05) is 19.8 Å². The number of nitrogens with zero attached hydrogens (tertiary/aromatic N) is 2. The summed E-state index contributed by atoms with van der Waals surface area (Å²) in [5, 5.41) is 8.29. The molecule has 2 N–H and O–H groups in total. The van der Waals surface area contributed by atoms with Crippen molar-refractivity contribution < 1.29 is 13.2 Å². The van der Waals surface area contributed by atoms with E-state index in [1.54, 1.807) is 0 Å². The summed E-state index contributed by atoms with van der Waals surface area (Å²) in [6.07, 6.45) is 3.12. The van der Waals surface area contributed by atoms with E-state index in [2.05, 4.69) is 15.5 Å². The smallest absolute Gasteiger partial charge is 0.331 e. The van der Waals surface area contributed by atoms with Crippen molar-refractivity contribution in [1.29, 1.82) is 0 Å². The number of hydrogen-bond donors (Lipinski definition) is 2. The minimum absolute atomic E-state index is 0.175. The van der Waals surface area contributed by atoms with Gasteiger partial charge in [-0.1, -0.05) is 13.3 Å². The first-order valence-corrected chi connectivity index (χ1v) is 6.70. The number of H-pyrrole nitrogens is 1. The number of rotatable bonds is 5. The lowest BCUT2D eigenvalue weighted by Gasteiger charge is -2.16. The van der Waals surface area contributed by atoms with Crippen LogP contribution in [0.5, 0.6) is 0 Å². The molecule has 0 aliphatic carbocycles. The van der Waals surface area contributed by atoms with Gasteiger partial charge in [0.05, 0.1) is 0 Å². The van der Waals surface area contributed by atoms with Gasteiger partial charge in [-0.3, -0.25) is 5.10 Å². The molecular weight excluding hydrogens is 244 g/mol. The van der Waals surface area contributed by atoms with Crippen molar-refractivity contribution in [3.8, 4) is 0 Å². The van der Waals surface area contributed by atoms with E-state index in [1.807, 2.05) is 6.92 Å². The van der Waals surface area contributed by atoms with Crippen molar-refractivity contribution in [2.75, 3.05) is 13.6 Å². The molecule has 7 nitrogen and oxygen atoms in total. The van der Waals surface area contributed by atoms with Gasteiger partial charge in [0.25, 0.3) is 10.0 Å². The Bertz CT molecular complexity index is 455. The highest BCUT2D eigenvalue weighted by molar-refractivity contribution is 7.89. The second kappa shape index (κ2) is 5.67. The highest BCUT2D eigenvalue weighted by atomic mass is 32.2. The Labute approximate surface area is 100 Å². The molecule has 17 heavy (non-hydrogen) atoms. The van der Waals surface area contributed by atoms with Crippen molar-refractivity contribution in [3.63, 3.8) is 0 Å². The zero-order valence-corrected chi connectivity index (χ0v) is 10.6. The standard InChI is InChI=1S/C9H16N4O3S/c1-3-4-6-10-9(14)13(2)17(15,16)8-5-7-11-12-8/h5,7H,3-4,6H2,1-2H3,(H,10,14)(H,11,12). The first-order chi connectivity index (χ1) is 8.00. The molecule has 1 rings (SSSR count). The van der Waals surface area contributed by atoms with Gasteiger partial charge >= 0.3 is 6.03 Å². The quantitative estimate of drug-likeness (QED) is 0.755. The number of carbonyl (C=O) groups is 1. The number of sulfonamides is 1. The molecule has 0 radical (unpaired) electrons. The Morgan fingerprint density at radius 3 is 2.82 bits per heavy atom. The third-order valence-electron chi connectivity index (χ3n) is 2.19. The molecule has 8 heteroatoms. The van der Waals surface area contributed by atoms with Gasteiger partial charge in [-0.05, 0) is 12.5 Å². The minimum Gasteiger partial charge on any atom is -0.337 e. The third-order valence-corrected chi connectivity index (χ3v) is 3.84. The highest BCUT2D eigenvalue weighted by Crippen LogP contribution is 2.09. The van der Waals surface area contributed by atoms with E-state index in [1.165, 1.54) is 19.3 Å². The van der Waals surface area contributed by atoms with Gasteiger partial charge in [0.1, 0.15) is 0 Å². The monoisotopic (exact) mass is 260 g/mol. The maximum absolute atomic E-state index is 11.9. The van der Waals surface area contributed by atoms with Crippen LogP contribution < -0.4 is 5.32 Å². The summed E-state index contributed by atoms with van der Waals surface area (Å²) in [6, 6.07) is 0.645. The minimum atomic E-state index is -3.85. The summed E-state index contributed by atoms with van der Waals surface area (Å²) in [7, 11) is -2.65. The fourth-order valence-corrected chi connectivity index (χ4v) is 2.09. The zero-order chi connectivity index (χ0) is 12.9.